The van der Waals surface area contributed by atoms with Crippen molar-refractivity contribution < 1.29 is 0 Å². The third-order valence-corrected chi connectivity index (χ3v) is 4.83. The standard InChI is InChI=1S/C14H15BrN2/c15-13-5-2-6-14(12(13)7-16)17-8-10-3-1-4-11(10)9-17/h2,5-6,10-11H,1,3-4,8-9H2. The van der Waals surface area contributed by atoms with Gasteiger partial charge in [0.1, 0.15) is 6.07 Å². The van der Waals surface area contributed by atoms with Crippen LogP contribution in [0.15, 0.2) is 22.7 Å². The van der Waals surface area contributed by atoms with E-state index in [2.05, 4.69) is 33.0 Å². The molecule has 17 heavy (non-hydrogen) atoms. The second kappa shape index (κ2) is 4.34. The Hall–Kier alpha value is -1.01. The molecule has 1 aliphatic heterocycles. The number of nitrogens with zero attached hydrogens (tertiary/aromatic N) is 2. The number of hydrogen-bond acceptors (Lipinski definition) is 2. The molecule has 0 aromatic heterocycles. The average Bonchev–Trinajstić information content (AvgIpc) is 2.88. The fraction of sp³-hybridized carbons (Fsp3) is 0.500. The minimum Gasteiger partial charge on any atom is -0.370 e. The molecule has 0 radical (unpaired) electrons. The van der Waals surface area contributed by atoms with Gasteiger partial charge >= 0.3 is 0 Å². The van der Waals surface area contributed by atoms with Crippen molar-refractivity contribution in [3.8, 4) is 6.07 Å². The lowest BCUT2D eigenvalue weighted by Gasteiger charge is -2.21. The molecule has 0 bridgehead atoms. The Morgan fingerprint density at radius 2 is 1.94 bits per heavy atom. The minimum atomic E-state index is 0.785. The normalized spacial score (nSPS) is 26.9. The van der Waals surface area contributed by atoms with E-state index in [0.29, 0.717) is 0 Å². The first-order chi connectivity index (χ1) is 8.29. The highest BCUT2D eigenvalue weighted by atomic mass is 79.9. The molecule has 1 saturated carbocycles. The number of benzene rings is 1. The molecule has 1 aromatic carbocycles. The molecule has 1 heterocycles. The monoisotopic (exact) mass is 290 g/mol. The van der Waals surface area contributed by atoms with Crippen LogP contribution in [0.3, 0.4) is 0 Å². The first-order valence-corrected chi connectivity index (χ1v) is 7.02. The zero-order chi connectivity index (χ0) is 11.8. The van der Waals surface area contributed by atoms with Crippen LogP contribution in [0.4, 0.5) is 5.69 Å². The summed E-state index contributed by atoms with van der Waals surface area (Å²) in [6.07, 6.45) is 4.14. The minimum absolute atomic E-state index is 0.785. The fourth-order valence-corrected chi connectivity index (χ4v) is 3.76. The number of halogens is 1. The van der Waals surface area contributed by atoms with Gasteiger partial charge in [-0.1, -0.05) is 12.5 Å². The van der Waals surface area contributed by atoms with Gasteiger partial charge in [-0.05, 0) is 52.7 Å². The van der Waals surface area contributed by atoms with Gasteiger partial charge in [0.05, 0.1) is 11.3 Å². The smallest absolute Gasteiger partial charge is 0.103 e. The van der Waals surface area contributed by atoms with E-state index in [1.165, 1.54) is 19.3 Å². The Morgan fingerprint density at radius 1 is 1.24 bits per heavy atom. The maximum Gasteiger partial charge on any atom is 0.103 e. The van der Waals surface area contributed by atoms with Crippen molar-refractivity contribution in [2.45, 2.75) is 19.3 Å². The van der Waals surface area contributed by atoms with Crippen molar-refractivity contribution in [2.24, 2.45) is 11.8 Å². The van der Waals surface area contributed by atoms with Crippen LogP contribution in [-0.2, 0) is 0 Å². The van der Waals surface area contributed by atoms with E-state index in [9.17, 15) is 5.26 Å². The van der Waals surface area contributed by atoms with Crippen LogP contribution < -0.4 is 4.90 Å². The largest absolute Gasteiger partial charge is 0.370 e. The quantitative estimate of drug-likeness (QED) is 0.791. The molecule has 2 fully saturated rings. The number of anilines is 1. The third-order valence-electron chi connectivity index (χ3n) is 4.17. The lowest BCUT2D eigenvalue weighted by atomic mass is 10.0. The summed E-state index contributed by atoms with van der Waals surface area (Å²) in [7, 11) is 0. The van der Waals surface area contributed by atoms with Crippen molar-refractivity contribution in [3.63, 3.8) is 0 Å². The highest BCUT2D eigenvalue weighted by Crippen LogP contribution is 2.41. The first-order valence-electron chi connectivity index (χ1n) is 6.23. The molecule has 0 N–H and O–H groups in total. The molecule has 3 heteroatoms. The Morgan fingerprint density at radius 3 is 2.59 bits per heavy atom. The molecule has 0 spiro atoms. The molecule has 2 atom stereocenters. The Bertz CT molecular complexity index is 466. The molecule has 88 valence electrons. The highest BCUT2D eigenvalue weighted by Gasteiger charge is 2.36. The van der Waals surface area contributed by atoms with E-state index in [0.717, 1.165) is 40.6 Å². The van der Waals surface area contributed by atoms with E-state index in [1.807, 2.05) is 12.1 Å². The van der Waals surface area contributed by atoms with Gasteiger partial charge in [0.25, 0.3) is 0 Å². The number of hydrogen-bond donors (Lipinski definition) is 0. The summed E-state index contributed by atoms with van der Waals surface area (Å²) in [5.74, 6) is 1.72. The number of nitriles is 1. The second-order valence-corrected chi connectivity index (χ2v) is 5.96. The van der Waals surface area contributed by atoms with E-state index in [-0.39, 0.29) is 0 Å². The lowest BCUT2D eigenvalue weighted by Crippen LogP contribution is -2.21. The Balaban J connectivity index is 1.91. The van der Waals surface area contributed by atoms with Gasteiger partial charge in [-0.3, -0.25) is 0 Å². The van der Waals surface area contributed by atoms with E-state index < -0.39 is 0 Å². The summed E-state index contributed by atoms with van der Waals surface area (Å²) in [5.41, 5.74) is 1.89. The maximum atomic E-state index is 9.26. The van der Waals surface area contributed by atoms with Crippen LogP contribution in [0.1, 0.15) is 24.8 Å². The Kier molecular flexibility index (Phi) is 2.84. The van der Waals surface area contributed by atoms with E-state index in [4.69, 9.17) is 0 Å². The maximum absolute atomic E-state index is 9.26. The zero-order valence-corrected chi connectivity index (χ0v) is 11.3. The molecular weight excluding hydrogens is 276 g/mol. The number of rotatable bonds is 1. The predicted molar refractivity (Wildman–Crippen MR) is 71.9 cm³/mol. The molecule has 3 rings (SSSR count). The summed E-state index contributed by atoms with van der Waals surface area (Å²) >= 11 is 3.47. The number of fused-ring (bicyclic) bond motifs is 1. The van der Waals surface area contributed by atoms with Crippen molar-refractivity contribution in [1.82, 2.24) is 0 Å². The van der Waals surface area contributed by atoms with Crippen LogP contribution in [0, 0.1) is 23.2 Å². The molecule has 0 amide bonds. The van der Waals surface area contributed by atoms with Gasteiger partial charge in [-0.25, -0.2) is 0 Å². The topological polar surface area (TPSA) is 27.0 Å². The summed E-state index contributed by atoms with van der Waals surface area (Å²) in [6.45, 7) is 2.27. The van der Waals surface area contributed by atoms with Crippen molar-refractivity contribution in [1.29, 1.82) is 5.26 Å². The summed E-state index contributed by atoms with van der Waals surface area (Å²) in [4.78, 5) is 2.40. The van der Waals surface area contributed by atoms with Gasteiger partial charge in [-0.15, -0.1) is 0 Å². The van der Waals surface area contributed by atoms with E-state index >= 15 is 0 Å². The Labute approximate surface area is 110 Å². The molecule has 1 aliphatic carbocycles. The molecular formula is C14H15BrN2. The highest BCUT2D eigenvalue weighted by molar-refractivity contribution is 9.10. The summed E-state index contributed by atoms with van der Waals surface area (Å²) < 4.78 is 0.912. The van der Waals surface area contributed by atoms with Crippen molar-refractivity contribution >= 4 is 21.6 Å². The molecule has 2 unspecified atom stereocenters. The van der Waals surface area contributed by atoms with Gasteiger partial charge in [-0.2, -0.15) is 5.26 Å². The van der Waals surface area contributed by atoms with Crippen LogP contribution >= 0.6 is 15.9 Å². The van der Waals surface area contributed by atoms with Gasteiger partial charge < -0.3 is 4.90 Å². The summed E-state index contributed by atoms with van der Waals surface area (Å²) in [5, 5.41) is 9.26. The second-order valence-electron chi connectivity index (χ2n) is 5.10. The predicted octanol–water partition coefficient (Wildman–Crippen LogP) is 3.56. The lowest BCUT2D eigenvalue weighted by molar-refractivity contribution is 0.494. The van der Waals surface area contributed by atoms with Gasteiger partial charge in [0, 0.05) is 17.6 Å². The first kappa shape index (κ1) is 11.1. The van der Waals surface area contributed by atoms with Crippen molar-refractivity contribution in [3.05, 3.63) is 28.2 Å². The van der Waals surface area contributed by atoms with Gasteiger partial charge in [0.2, 0.25) is 0 Å². The van der Waals surface area contributed by atoms with E-state index in [1.54, 1.807) is 0 Å². The van der Waals surface area contributed by atoms with Crippen LogP contribution in [0.5, 0.6) is 0 Å². The van der Waals surface area contributed by atoms with Crippen LogP contribution in [0.2, 0.25) is 0 Å². The van der Waals surface area contributed by atoms with Crippen LogP contribution in [-0.4, -0.2) is 13.1 Å². The molecule has 1 aromatic rings. The van der Waals surface area contributed by atoms with Crippen LogP contribution in [0.25, 0.3) is 0 Å². The zero-order valence-electron chi connectivity index (χ0n) is 9.69. The average molecular weight is 291 g/mol. The SMILES string of the molecule is N#Cc1c(Br)cccc1N1CC2CCCC2C1. The molecule has 1 saturated heterocycles. The van der Waals surface area contributed by atoms with Gasteiger partial charge in [0.15, 0.2) is 0 Å². The van der Waals surface area contributed by atoms with Crippen molar-refractivity contribution in [2.75, 3.05) is 18.0 Å². The fourth-order valence-electron chi connectivity index (χ4n) is 3.32. The summed E-state index contributed by atoms with van der Waals surface area (Å²) in [6, 6.07) is 8.36. The molecule has 2 aliphatic rings. The third kappa shape index (κ3) is 1.85. The molecule has 2 nitrogen and oxygen atoms in total.